The summed E-state index contributed by atoms with van der Waals surface area (Å²) in [5.41, 5.74) is 1.95. The number of thiazole rings is 2. The summed E-state index contributed by atoms with van der Waals surface area (Å²) in [7, 11) is 0. The Bertz CT molecular complexity index is 1110. The first-order valence-corrected chi connectivity index (χ1v) is 11.6. The van der Waals surface area contributed by atoms with Crippen LogP contribution in [0, 0.1) is 0 Å². The van der Waals surface area contributed by atoms with E-state index in [0.29, 0.717) is 47.6 Å². The standard InChI is InChI=1S/C20H21N5O5S2/c1-2-30-17(27)7-13-11-31-19(21-13)23-16(26)9-25-5-3-14-15(8-25)32-20(22-14)24-18(28)12-4-6-29-10-12/h4,6,10-11H,2-3,5,7-9H2,1H3,(H,21,23,26)(H,22,24,28). The molecule has 0 atom stereocenters. The summed E-state index contributed by atoms with van der Waals surface area (Å²) in [6.07, 6.45) is 3.60. The van der Waals surface area contributed by atoms with Gasteiger partial charge in [-0.25, -0.2) is 9.97 Å². The number of amides is 2. The lowest BCUT2D eigenvalue weighted by Crippen LogP contribution is -2.36. The number of furan rings is 1. The molecule has 0 saturated carbocycles. The van der Waals surface area contributed by atoms with Crippen molar-refractivity contribution in [2.75, 3.05) is 30.3 Å². The van der Waals surface area contributed by atoms with Crippen molar-refractivity contribution in [3.8, 4) is 0 Å². The van der Waals surface area contributed by atoms with Crippen molar-refractivity contribution in [2.24, 2.45) is 0 Å². The number of nitrogens with one attached hydrogen (secondary N) is 2. The molecule has 10 nitrogen and oxygen atoms in total. The maximum atomic E-state index is 12.5. The van der Waals surface area contributed by atoms with Crippen LogP contribution in [0.1, 0.15) is 33.5 Å². The van der Waals surface area contributed by atoms with Crippen LogP contribution in [0.15, 0.2) is 28.4 Å². The second-order valence-electron chi connectivity index (χ2n) is 6.99. The fraction of sp³-hybridized carbons (Fsp3) is 0.350. The average molecular weight is 476 g/mol. The molecular formula is C20H21N5O5S2. The molecule has 0 unspecified atom stereocenters. The highest BCUT2D eigenvalue weighted by molar-refractivity contribution is 7.16. The van der Waals surface area contributed by atoms with E-state index in [-0.39, 0.29) is 30.7 Å². The van der Waals surface area contributed by atoms with Crippen LogP contribution in [0.2, 0.25) is 0 Å². The number of anilines is 2. The lowest BCUT2D eigenvalue weighted by atomic mass is 10.2. The predicted molar refractivity (Wildman–Crippen MR) is 119 cm³/mol. The number of esters is 1. The van der Waals surface area contributed by atoms with E-state index in [4.69, 9.17) is 9.15 Å². The number of carbonyl (C=O) groups is 3. The van der Waals surface area contributed by atoms with E-state index in [9.17, 15) is 14.4 Å². The largest absolute Gasteiger partial charge is 0.472 e. The van der Waals surface area contributed by atoms with Crippen molar-refractivity contribution in [1.29, 1.82) is 0 Å². The summed E-state index contributed by atoms with van der Waals surface area (Å²) in [6.45, 7) is 3.54. The van der Waals surface area contributed by atoms with Gasteiger partial charge in [0.25, 0.3) is 5.91 Å². The molecule has 1 aliphatic rings. The smallest absolute Gasteiger partial charge is 0.311 e. The topological polar surface area (TPSA) is 127 Å². The number of fused-ring (bicyclic) bond motifs is 1. The Kier molecular flexibility index (Phi) is 6.93. The Morgan fingerprint density at radius 2 is 2.12 bits per heavy atom. The quantitative estimate of drug-likeness (QED) is 0.476. The van der Waals surface area contributed by atoms with Gasteiger partial charge in [-0.05, 0) is 13.0 Å². The molecule has 0 spiro atoms. The van der Waals surface area contributed by atoms with E-state index in [1.54, 1.807) is 18.4 Å². The van der Waals surface area contributed by atoms with Crippen LogP contribution in [-0.2, 0) is 33.7 Å². The number of aromatic nitrogens is 2. The summed E-state index contributed by atoms with van der Waals surface area (Å²) in [5, 5.41) is 8.28. The Balaban J connectivity index is 1.28. The zero-order valence-electron chi connectivity index (χ0n) is 17.3. The third-order valence-corrected chi connectivity index (χ3v) is 6.41. The molecule has 3 aromatic heterocycles. The van der Waals surface area contributed by atoms with Crippen molar-refractivity contribution in [2.45, 2.75) is 26.3 Å². The van der Waals surface area contributed by atoms with Gasteiger partial charge in [-0.15, -0.1) is 22.7 Å². The molecule has 1 aliphatic heterocycles. The van der Waals surface area contributed by atoms with Crippen LogP contribution in [0.5, 0.6) is 0 Å². The van der Waals surface area contributed by atoms with Gasteiger partial charge >= 0.3 is 5.97 Å². The van der Waals surface area contributed by atoms with Crippen LogP contribution in [0.25, 0.3) is 0 Å². The van der Waals surface area contributed by atoms with Crippen molar-refractivity contribution in [3.63, 3.8) is 0 Å². The van der Waals surface area contributed by atoms with E-state index in [2.05, 4.69) is 20.6 Å². The molecule has 0 bridgehead atoms. The zero-order chi connectivity index (χ0) is 22.5. The van der Waals surface area contributed by atoms with Gasteiger partial charge < -0.3 is 14.5 Å². The summed E-state index contributed by atoms with van der Waals surface area (Å²) in [4.78, 5) is 48.0. The van der Waals surface area contributed by atoms with Crippen LogP contribution < -0.4 is 10.6 Å². The minimum Gasteiger partial charge on any atom is -0.472 e. The molecular weight excluding hydrogens is 454 g/mol. The van der Waals surface area contributed by atoms with Gasteiger partial charge in [0.15, 0.2) is 10.3 Å². The fourth-order valence-corrected chi connectivity index (χ4v) is 4.94. The molecule has 3 aromatic rings. The number of hydrogen-bond acceptors (Lipinski definition) is 10. The van der Waals surface area contributed by atoms with E-state index in [0.717, 1.165) is 10.6 Å². The predicted octanol–water partition coefficient (Wildman–Crippen LogP) is 2.55. The SMILES string of the molecule is CCOC(=O)Cc1csc(NC(=O)CN2CCc3nc(NC(=O)c4ccoc4)sc3C2)n1. The molecule has 2 amide bonds. The molecule has 0 aromatic carbocycles. The molecule has 0 radical (unpaired) electrons. The molecule has 32 heavy (non-hydrogen) atoms. The first kappa shape index (κ1) is 22.1. The van der Waals surface area contributed by atoms with Gasteiger partial charge in [0.2, 0.25) is 5.91 Å². The highest BCUT2D eigenvalue weighted by Gasteiger charge is 2.23. The number of nitrogens with zero attached hydrogens (tertiary/aromatic N) is 3. The molecule has 0 aliphatic carbocycles. The van der Waals surface area contributed by atoms with E-state index < -0.39 is 0 Å². The average Bonchev–Trinajstić information content (AvgIpc) is 3.48. The van der Waals surface area contributed by atoms with Gasteiger partial charge in [-0.1, -0.05) is 0 Å². The Morgan fingerprint density at radius 3 is 2.91 bits per heavy atom. The molecule has 4 rings (SSSR count). The number of hydrogen-bond donors (Lipinski definition) is 2. The van der Waals surface area contributed by atoms with Gasteiger partial charge in [0.1, 0.15) is 6.26 Å². The molecule has 4 heterocycles. The van der Waals surface area contributed by atoms with Crippen LogP contribution in [0.4, 0.5) is 10.3 Å². The van der Waals surface area contributed by atoms with Crippen molar-refractivity contribution >= 4 is 50.7 Å². The normalized spacial score (nSPS) is 13.4. The van der Waals surface area contributed by atoms with Crippen molar-refractivity contribution in [1.82, 2.24) is 14.9 Å². The first-order valence-electron chi connectivity index (χ1n) is 9.94. The van der Waals surface area contributed by atoms with E-state index in [1.807, 2.05) is 4.90 Å². The van der Waals surface area contributed by atoms with E-state index >= 15 is 0 Å². The summed E-state index contributed by atoms with van der Waals surface area (Å²) >= 11 is 2.68. The second kappa shape index (κ2) is 10.0. The highest BCUT2D eigenvalue weighted by Crippen LogP contribution is 2.28. The maximum absolute atomic E-state index is 12.5. The van der Waals surface area contributed by atoms with Crippen LogP contribution in [0.3, 0.4) is 0 Å². The number of carbonyl (C=O) groups excluding carboxylic acids is 3. The lowest BCUT2D eigenvalue weighted by molar-refractivity contribution is -0.142. The molecule has 0 saturated heterocycles. The Morgan fingerprint density at radius 1 is 1.25 bits per heavy atom. The van der Waals surface area contributed by atoms with Gasteiger partial charge in [-0.2, -0.15) is 0 Å². The molecule has 2 N–H and O–H groups in total. The van der Waals surface area contributed by atoms with Gasteiger partial charge in [0, 0.05) is 29.8 Å². The van der Waals surface area contributed by atoms with E-state index in [1.165, 1.54) is 35.2 Å². The third-order valence-electron chi connectivity index (χ3n) is 4.61. The minimum atomic E-state index is -0.343. The molecule has 168 valence electrons. The minimum absolute atomic E-state index is 0.0833. The number of rotatable bonds is 8. The van der Waals surface area contributed by atoms with Gasteiger partial charge in [0.05, 0.1) is 42.8 Å². The Labute approximate surface area is 191 Å². The highest BCUT2D eigenvalue weighted by atomic mass is 32.1. The Hall–Kier alpha value is -3.09. The maximum Gasteiger partial charge on any atom is 0.311 e. The van der Waals surface area contributed by atoms with Crippen molar-refractivity contribution in [3.05, 3.63) is 45.8 Å². The zero-order valence-corrected chi connectivity index (χ0v) is 18.9. The summed E-state index contributed by atoms with van der Waals surface area (Å²) in [5.74, 6) is -0.792. The monoisotopic (exact) mass is 475 g/mol. The summed E-state index contributed by atoms with van der Waals surface area (Å²) < 4.78 is 9.84. The van der Waals surface area contributed by atoms with Crippen LogP contribution in [-0.4, -0.2) is 52.3 Å². The van der Waals surface area contributed by atoms with Crippen molar-refractivity contribution < 1.29 is 23.5 Å². The van der Waals surface area contributed by atoms with Crippen LogP contribution >= 0.6 is 22.7 Å². The third kappa shape index (κ3) is 5.58. The van der Waals surface area contributed by atoms with Gasteiger partial charge in [-0.3, -0.25) is 24.6 Å². The fourth-order valence-electron chi connectivity index (χ4n) is 3.17. The second-order valence-corrected chi connectivity index (χ2v) is 8.93. The molecule has 12 heteroatoms. The lowest BCUT2D eigenvalue weighted by Gasteiger charge is -2.24. The number of ether oxygens (including phenoxy) is 1. The summed E-state index contributed by atoms with van der Waals surface area (Å²) in [6, 6.07) is 1.59. The first-order chi connectivity index (χ1) is 15.5. The molecule has 0 fully saturated rings.